The van der Waals surface area contributed by atoms with Crippen molar-refractivity contribution in [3.05, 3.63) is 17.2 Å². The zero-order chi connectivity index (χ0) is 25.9. The van der Waals surface area contributed by atoms with Gasteiger partial charge < -0.3 is 15.2 Å². The number of nitrogen functional groups attached to an aromatic ring is 1. The fraction of sp³-hybridized carbons (Fsp3) is 0.654. The van der Waals surface area contributed by atoms with Gasteiger partial charge in [0, 0.05) is 23.7 Å². The van der Waals surface area contributed by atoms with Crippen LogP contribution in [0.3, 0.4) is 0 Å². The van der Waals surface area contributed by atoms with Crippen LogP contribution in [-0.4, -0.2) is 58.3 Å². The smallest absolute Gasteiger partial charge is 0.415 e. The number of hydrogen-bond acceptors (Lipinski definition) is 7. The number of nitrogens with two attached hydrogens (primary N) is 1. The maximum absolute atomic E-state index is 15.3. The molecule has 196 valence electrons. The van der Waals surface area contributed by atoms with E-state index in [1.54, 1.807) is 4.90 Å². The Hall–Kier alpha value is -2.39. The van der Waals surface area contributed by atoms with Gasteiger partial charge in [0.2, 0.25) is 5.88 Å². The monoisotopic (exact) mass is 519 g/mol. The molecule has 2 aromatic rings. The van der Waals surface area contributed by atoms with E-state index in [2.05, 4.69) is 21.9 Å². The number of anilines is 2. The molecule has 2 N–H and O–H groups in total. The predicted octanol–water partition coefficient (Wildman–Crippen LogP) is 5.41. The number of amides is 1. The number of likely N-dealkylation sites (tertiary alicyclic amines) is 1. The van der Waals surface area contributed by atoms with E-state index < -0.39 is 17.5 Å². The van der Waals surface area contributed by atoms with Gasteiger partial charge in [0.15, 0.2) is 11.0 Å². The molecular formula is C26H35ClFN5O3. The first kappa shape index (κ1) is 25.3. The molecule has 1 unspecified atom stereocenters. The lowest BCUT2D eigenvalue weighted by atomic mass is 9.77. The van der Waals surface area contributed by atoms with Crippen molar-refractivity contribution in [1.82, 2.24) is 14.9 Å². The number of fused-ring (bicyclic) bond motifs is 2. The first-order valence-corrected chi connectivity index (χ1v) is 13.2. The molecule has 1 saturated heterocycles. The molecular weight excluding hydrogens is 485 g/mol. The summed E-state index contributed by atoms with van der Waals surface area (Å²) in [7, 11) is 2.06. The van der Waals surface area contributed by atoms with Crippen molar-refractivity contribution in [2.24, 2.45) is 11.8 Å². The molecule has 2 bridgehead atoms. The molecule has 5 atom stereocenters. The summed E-state index contributed by atoms with van der Waals surface area (Å²) >= 11 is 6.04. The number of ether oxygens (including phenoxy) is 2. The number of nitrogens with zero attached hydrogens (tertiary/aromatic N) is 4. The normalized spacial score (nSPS) is 26.6. The molecule has 0 radical (unpaired) electrons. The predicted molar refractivity (Wildman–Crippen MR) is 138 cm³/mol. The van der Waals surface area contributed by atoms with Gasteiger partial charge in [0.05, 0.1) is 5.69 Å². The van der Waals surface area contributed by atoms with E-state index in [1.165, 1.54) is 6.20 Å². The second kappa shape index (κ2) is 9.17. The summed E-state index contributed by atoms with van der Waals surface area (Å²) in [5.74, 6) is -0.00494. The number of likely N-dealkylation sites (N-methyl/N-ethyl adjacent to an activating group) is 1. The van der Waals surface area contributed by atoms with Gasteiger partial charge in [0.1, 0.15) is 22.9 Å². The molecule has 10 heteroatoms. The largest absolute Gasteiger partial charge is 0.471 e. The summed E-state index contributed by atoms with van der Waals surface area (Å²) in [4.78, 5) is 26.0. The quantitative estimate of drug-likeness (QED) is 0.528. The number of aromatic nitrogens is 2. The van der Waals surface area contributed by atoms with Crippen LogP contribution in [0.15, 0.2) is 6.20 Å². The molecule has 1 aliphatic heterocycles. The van der Waals surface area contributed by atoms with Crippen molar-refractivity contribution in [3.63, 3.8) is 0 Å². The van der Waals surface area contributed by atoms with Crippen LogP contribution in [0.5, 0.6) is 5.88 Å². The van der Waals surface area contributed by atoms with E-state index in [0.29, 0.717) is 22.9 Å². The lowest BCUT2D eigenvalue weighted by molar-refractivity contribution is 0.0513. The molecule has 36 heavy (non-hydrogen) atoms. The van der Waals surface area contributed by atoms with E-state index in [4.69, 9.17) is 26.8 Å². The second-order valence-corrected chi connectivity index (χ2v) is 11.8. The summed E-state index contributed by atoms with van der Waals surface area (Å²) in [6.45, 7) is 8.41. The van der Waals surface area contributed by atoms with Gasteiger partial charge in [-0.25, -0.2) is 19.2 Å². The average molecular weight is 520 g/mol. The van der Waals surface area contributed by atoms with Crippen molar-refractivity contribution in [3.8, 4) is 5.88 Å². The molecule has 3 heterocycles. The molecule has 0 aromatic carbocycles. The fourth-order valence-electron chi connectivity index (χ4n) is 6.24. The molecule has 6 rings (SSSR count). The van der Waals surface area contributed by atoms with E-state index in [1.807, 2.05) is 27.7 Å². The number of rotatable bonds is 5. The Balaban J connectivity index is 1.66. The van der Waals surface area contributed by atoms with Crippen LogP contribution in [0.25, 0.3) is 10.9 Å². The van der Waals surface area contributed by atoms with Crippen LogP contribution in [0.2, 0.25) is 5.15 Å². The molecule has 0 spiro atoms. The zero-order valence-corrected chi connectivity index (χ0v) is 22.3. The maximum Gasteiger partial charge on any atom is 0.415 e. The highest BCUT2D eigenvalue weighted by molar-refractivity contribution is 6.30. The Labute approximate surface area is 216 Å². The SMILES string of the molecule is C[C@H](Oc1nc2c(F)c(Cl)ncc2c(N(C(=O)OC(C)(C)C)C2[C@@H]3CC[C@H]2C3)c1N)[C@@H]1CCCN1C. The highest BCUT2D eigenvalue weighted by Gasteiger charge is 2.53. The topological polar surface area (TPSA) is 93.8 Å². The highest BCUT2D eigenvalue weighted by Crippen LogP contribution is 2.54. The van der Waals surface area contributed by atoms with Crippen LogP contribution >= 0.6 is 11.6 Å². The van der Waals surface area contributed by atoms with Gasteiger partial charge in [-0.15, -0.1) is 0 Å². The minimum absolute atomic E-state index is 0.0265. The fourth-order valence-corrected chi connectivity index (χ4v) is 6.37. The summed E-state index contributed by atoms with van der Waals surface area (Å²) in [5.41, 5.74) is 6.48. The molecule has 2 aromatic heterocycles. The third-order valence-corrected chi connectivity index (χ3v) is 8.19. The van der Waals surface area contributed by atoms with E-state index >= 15 is 4.39 Å². The van der Waals surface area contributed by atoms with Crippen LogP contribution in [0.1, 0.15) is 59.8 Å². The molecule has 8 nitrogen and oxygen atoms in total. The van der Waals surface area contributed by atoms with Gasteiger partial charge in [-0.05, 0) is 85.2 Å². The Bertz CT molecular complexity index is 1170. The van der Waals surface area contributed by atoms with Gasteiger partial charge in [-0.3, -0.25) is 9.80 Å². The van der Waals surface area contributed by atoms with Crippen molar-refractivity contribution >= 4 is 40.0 Å². The maximum atomic E-state index is 15.3. The Morgan fingerprint density at radius 1 is 1.31 bits per heavy atom. The van der Waals surface area contributed by atoms with Crippen LogP contribution in [0.4, 0.5) is 20.6 Å². The third-order valence-electron chi connectivity index (χ3n) is 7.93. The van der Waals surface area contributed by atoms with Gasteiger partial charge >= 0.3 is 6.09 Å². The minimum Gasteiger partial charge on any atom is -0.471 e. The highest BCUT2D eigenvalue weighted by atomic mass is 35.5. The van der Waals surface area contributed by atoms with Crippen LogP contribution in [-0.2, 0) is 4.74 Å². The van der Waals surface area contributed by atoms with Crippen molar-refractivity contribution < 1.29 is 18.7 Å². The van der Waals surface area contributed by atoms with E-state index in [-0.39, 0.29) is 40.4 Å². The van der Waals surface area contributed by atoms with Crippen molar-refractivity contribution in [2.45, 2.75) is 83.6 Å². The van der Waals surface area contributed by atoms with Gasteiger partial charge in [-0.1, -0.05) is 11.6 Å². The van der Waals surface area contributed by atoms with Crippen molar-refractivity contribution in [1.29, 1.82) is 0 Å². The molecule has 3 aliphatic carbocycles. The molecule has 4 fully saturated rings. The van der Waals surface area contributed by atoms with E-state index in [9.17, 15) is 4.79 Å². The van der Waals surface area contributed by atoms with Crippen molar-refractivity contribution in [2.75, 3.05) is 24.2 Å². The Morgan fingerprint density at radius 2 is 2.00 bits per heavy atom. The zero-order valence-electron chi connectivity index (χ0n) is 21.6. The minimum atomic E-state index is -0.772. The number of hydrogen-bond donors (Lipinski definition) is 1. The number of carbonyl (C=O) groups excluding carboxylic acids is 1. The third kappa shape index (κ3) is 4.34. The first-order chi connectivity index (χ1) is 17.0. The Morgan fingerprint density at radius 3 is 2.58 bits per heavy atom. The number of pyridine rings is 2. The van der Waals surface area contributed by atoms with Gasteiger partial charge in [-0.2, -0.15) is 0 Å². The number of halogens is 2. The number of carbonyl (C=O) groups is 1. The first-order valence-electron chi connectivity index (χ1n) is 12.8. The summed E-state index contributed by atoms with van der Waals surface area (Å²) in [6, 6.07) is 0.0957. The average Bonchev–Trinajstić information content (AvgIpc) is 3.52. The second-order valence-electron chi connectivity index (χ2n) is 11.5. The summed E-state index contributed by atoms with van der Waals surface area (Å²) < 4.78 is 27.4. The lowest BCUT2D eigenvalue weighted by Crippen LogP contribution is -2.53. The molecule has 3 saturated carbocycles. The molecule has 1 amide bonds. The van der Waals surface area contributed by atoms with Crippen LogP contribution in [0, 0.1) is 17.7 Å². The Kier molecular flexibility index (Phi) is 6.44. The lowest BCUT2D eigenvalue weighted by Gasteiger charge is -2.44. The van der Waals surface area contributed by atoms with Gasteiger partial charge in [0.25, 0.3) is 0 Å². The summed E-state index contributed by atoms with van der Waals surface area (Å²) in [5, 5.41) is 0.0114. The van der Waals surface area contributed by atoms with E-state index in [0.717, 1.165) is 38.6 Å². The summed E-state index contributed by atoms with van der Waals surface area (Å²) in [6.07, 6.45) is 5.84. The molecule has 4 aliphatic rings. The standard InChI is InChI=1S/C26H35ClFN5O3/c1-13(17-7-6-10-32(17)5)35-24-19(29)22(16-12-30-23(27)18(28)20(16)31-24)33(25(34)36-26(2,3)4)21-14-8-9-15(21)11-14/h12-15,17,21H,6-11,29H2,1-5H3/t13-,14-,15+,17-,21?/m0/s1. The van der Waals surface area contributed by atoms with Crippen LogP contribution < -0.4 is 15.4 Å².